The summed E-state index contributed by atoms with van der Waals surface area (Å²) in [6.07, 6.45) is -1.35. The maximum absolute atomic E-state index is 9.91. The first-order valence-electron chi connectivity index (χ1n) is 2.20. The molecule has 1 aromatic rings. The summed E-state index contributed by atoms with van der Waals surface area (Å²) in [4.78, 5) is 13.6. The molecule has 54 valence electrons. The second kappa shape index (κ2) is 2.98. The molecule has 4 nitrogen and oxygen atoms in total. The number of carbonyl (C=O) groups is 1. The largest absolute Gasteiger partial charge is 0.513 e. The first kappa shape index (κ1) is 7.49. The number of halogens is 1. The zero-order valence-electron chi connectivity index (χ0n) is 4.57. The predicted octanol–water partition coefficient (Wildman–Crippen LogP) is 1.96. The number of rotatable bonds is 1. The topological polar surface area (TPSA) is 59.4 Å². The molecule has 0 aromatic carbocycles. The molecule has 0 radical (unpaired) electrons. The van der Waals surface area contributed by atoms with Crippen molar-refractivity contribution in [2.45, 2.75) is 0 Å². The molecule has 0 amide bonds. The molecular formula is C4H2BrNO3S. The van der Waals surface area contributed by atoms with Crippen molar-refractivity contribution in [2.75, 3.05) is 0 Å². The van der Waals surface area contributed by atoms with E-state index in [0.717, 1.165) is 11.3 Å². The average molecular weight is 224 g/mol. The van der Waals surface area contributed by atoms with Gasteiger partial charge >= 0.3 is 6.16 Å². The lowest BCUT2D eigenvalue weighted by Crippen LogP contribution is -2.02. The van der Waals surface area contributed by atoms with Crippen molar-refractivity contribution in [1.82, 2.24) is 4.98 Å². The second-order valence-corrected chi connectivity index (χ2v) is 2.94. The van der Waals surface area contributed by atoms with E-state index in [4.69, 9.17) is 5.11 Å². The summed E-state index contributed by atoms with van der Waals surface area (Å²) in [6.45, 7) is 0. The van der Waals surface area contributed by atoms with Gasteiger partial charge in [-0.05, 0) is 15.9 Å². The molecule has 0 fully saturated rings. The molecule has 6 heteroatoms. The molecule has 1 heterocycles. The standard InChI is InChI=1S/C4H2BrNO3S/c5-2-1-10-3(6-2)9-4(7)8/h1H,(H,7,8). The summed E-state index contributed by atoms with van der Waals surface area (Å²) >= 11 is 4.17. The van der Waals surface area contributed by atoms with Crippen LogP contribution in [0.1, 0.15) is 0 Å². The SMILES string of the molecule is O=C(O)Oc1nc(Br)cs1. The highest BCUT2D eigenvalue weighted by molar-refractivity contribution is 9.10. The lowest BCUT2D eigenvalue weighted by molar-refractivity contribution is 0.144. The van der Waals surface area contributed by atoms with Crippen molar-refractivity contribution in [1.29, 1.82) is 0 Å². The van der Waals surface area contributed by atoms with Crippen molar-refractivity contribution in [3.8, 4) is 5.19 Å². The summed E-state index contributed by atoms with van der Waals surface area (Å²) in [5, 5.41) is 9.87. The molecular weight excluding hydrogens is 222 g/mol. The van der Waals surface area contributed by atoms with Gasteiger partial charge < -0.3 is 9.84 Å². The highest BCUT2D eigenvalue weighted by Gasteiger charge is 2.03. The molecule has 1 rings (SSSR count). The van der Waals surface area contributed by atoms with E-state index in [2.05, 4.69) is 25.7 Å². The normalized spacial score (nSPS) is 9.30. The van der Waals surface area contributed by atoms with Gasteiger partial charge in [0.1, 0.15) is 4.60 Å². The monoisotopic (exact) mass is 223 g/mol. The Hall–Kier alpha value is -0.620. The minimum atomic E-state index is -1.35. The molecule has 0 aliphatic heterocycles. The van der Waals surface area contributed by atoms with Gasteiger partial charge in [-0.3, -0.25) is 0 Å². The van der Waals surface area contributed by atoms with Crippen LogP contribution in [0.25, 0.3) is 0 Å². The van der Waals surface area contributed by atoms with Gasteiger partial charge in [0.25, 0.3) is 5.19 Å². The Morgan fingerprint density at radius 1 is 1.90 bits per heavy atom. The van der Waals surface area contributed by atoms with Crippen LogP contribution in [0.4, 0.5) is 4.79 Å². The van der Waals surface area contributed by atoms with Gasteiger partial charge in [-0.2, -0.15) is 4.98 Å². The van der Waals surface area contributed by atoms with Crippen LogP contribution in [0, 0.1) is 0 Å². The molecule has 0 saturated carbocycles. The molecule has 0 aliphatic carbocycles. The van der Waals surface area contributed by atoms with E-state index in [-0.39, 0.29) is 5.19 Å². The van der Waals surface area contributed by atoms with Crippen LogP contribution in [0.15, 0.2) is 9.98 Å². The number of nitrogens with zero attached hydrogens (tertiary/aromatic N) is 1. The van der Waals surface area contributed by atoms with Crippen LogP contribution in [0.5, 0.6) is 5.19 Å². The summed E-state index contributed by atoms with van der Waals surface area (Å²) in [5.74, 6) is 0. The zero-order valence-corrected chi connectivity index (χ0v) is 6.98. The van der Waals surface area contributed by atoms with E-state index in [0.29, 0.717) is 4.60 Å². The van der Waals surface area contributed by atoms with Gasteiger partial charge in [0.2, 0.25) is 0 Å². The number of thiazole rings is 1. The Bertz CT molecular complexity index is 248. The van der Waals surface area contributed by atoms with Crippen LogP contribution in [-0.4, -0.2) is 16.2 Å². The van der Waals surface area contributed by atoms with Gasteiger partial charge in [-0.1, -0.05) is 11.3 Å². The highest BCUT2D eigenvalue weighted by Crippen LogP contribution is 2.21. The first-order valence-corrected chi connectivity index (χ1v) is 3.87. The molecule has 10 heavy (non-hydrogen) atoms. The van der Waals surface area contributed by atoms with Crippen molar-refractivity contribution in [3.63, 3.8) is 0 Å². The second-order valence-electron chi connectivity index (χ2n) is 1.30. The number of hydrogen-bond donors (Lipinski definition) is 1. The fourth-order valence-corrected chi connectivity index (χ4v) is 1.44. The van der Waals surface area contributed by atoms with Crippen LogP contribution >= 0.6 is 27.3 Å². The van der Waals surface area contributed by atoms with Gasteiger partial charge in [0.05, 0.1) is 0 Å². The van der Waals surface area contributed by atoms with E-state index in [9.17, 15) is 4.79 Å². The first-order chi connectivity index (χ1) is 4.68. The fourth-order valence-electron chi connectivity index (χ4n) is 0.361. The van der Waals surface area contributed by atoms with E-state index in [1.54, 1.807) is 5.38 Å². The number of carboxylic acid groups (broad SMARTS) is 1. The third-order valence-corrected chi connectivity index (χ3v) is 2.06. The van der Waals surface area contributed by atoms with E-state index in [1.165, 1.54) is 0 Å². The van der Waals surface area contributed by atoms with Crippen LogP contribution in [-0.2, 0) is 0 Å². The van der Waals surface area contributed by atoms with Gasteiger partial charge in [0, 0.05) is 5.38 Å². The predicted molar refractivity (Wildman–Crippen MR) is 38.5 cm³/mol. The van der Waals surface area contributed by atoms with Crippen LogP contribution in [0.2, 0.25) is 0 Å². The Kier molecular flexibility index (Phi) is 2.23. The Morgan fingerprint density at radius 2 is 2.60 bits per heavy atom. The molecule has 1 aromatic heterocycles. The number of aromatic nitrogens is 1. The molecule has 0 unspecified atom stereocenters. The van der Waals surface area contributed by atoms with Crippen molar-refractivity contribution >= 4 is 33.4 Å². The maximum atomic E-state index is 9.91. The smallest absolute Gasteiger partial charge is 0.449 e. The Morgan fingerprint density at radius 3 is 3.00 bits per heavy atom. The van der Waals surface area contributed by atoms with Gasteiger partial charge in [-0.25, -0.2) is 4.79 Å². The van der Waals surface area contributed by atoms with Gasteiger partial charge in [-0.15, -0.1) is 0 Å². The molecule has 0 bridgehead atoms. The summed E-state index contributed by atoms with van der Waals surface area (Å²) < 4.78 is 4.81. The zero-order chi connectivity index (χ0) is 7.56. The minimum absolute atomic E-state index is 0.124. The third-order valence-electron chi connectivity index (χ3n) is 0.630. The van der Waals surface area contributed by atoms with Crippen LogP contribution < -0.4 is 4.74 Å². The Balaban J connectivity index is 2.67. The molecule has 0 atom stereocenters. The summed E-state index contributed by atoms with van der Waals surface area (Å²) in [7, 11) is 0. The lowest BCUT2D eigenvalue weighted by Gasteiger charge is -1.88. The van der Waals surface area contributed by atoms with Crippen molar-refractivity contribution < 1.29 is 14.6 Å². The molecule has 1 N–H and O–H groups in total. The number of ether oxygens (including phenoxy) is 1. The summed E-state index contributed by atoms with van der Waals surface area (Å²) in [5.41, 5.74) is 0. The minimum Gasteiger partial charge on any atom is -0.449 e. The lowest BCUT2D eigenvalue weighted by atomic mass is 11.0. The summed E-state index contributed by atoms with van der Waals surface area (Å²) in [6, 6.07) is 0. The van der Waals surface area contributed by atoms with E-state index >= 15 is 0 Å². The van der Waals surface area contributed by atoms with Gasteiger partial charge in [0.15, 0.2) is 0 Å². The number of hydrogen-bond acceptors (Lipinski definition) is 4. The fraction of sp³-hybridized carbons (Fsp3) is 0. The molecule has 0 saturated heterocycles. The average Bonchev–Trinajstić information content (AvgIpc) is 2.13. The third kappa shape index (κ3) is 1.96. The van der Waals surface area contributed by atoms with Crippen LogP contribution in [0.3, 0.4) is 0 Å². The van der Waals surface area contributed by atoms with E-state index in [1.807, 2.05) is 0 Å². The molecule has 0 spiro atoms. The highest BCUT2D eigenvalue weighted by atomic mass is 79.9. The molecule has 0 aliphatic rings. The van der Waals surface area contributed by atoms with E-state index < -0.39 is 6.16 Å². The van der Waals surface area contributed by atoms with Crippen molar-refractivity contribution in [3.05, 3.63) is 9.98 Å². The Labute approximate surface area is 68.6 Å². The maximum Gasteiger partial charge on any atom is 0.513 e. The van der Waals surface area contributed by atoms with Crippen molar-refractivity contribution in [2.24, 2.45) is 0 Å². The quantitative estimate of drug-likeness (QED) is 0.740.